The summed E-state index contributed by atoms with van der Waals surface area (Å²) in [5, 5.41) is 3.76. The van der Waals surface area contributed by atoms with Crippen LogP contribution in [0.4, 0.5) is 0 Å². The number of carbonyl (C=O) groups is 2. The highest BCUT2D eigenvalue weighted by molar-refractivity contribution is 6.04. The predicted octanol–water partition coefficient (Wildman–Crippen LogP) is 3.64. The highest BCUT2D eigenvalue weighted by atomic mass is 16.5. The van der Waals surface area contributed by atoms with E-state index in [0.29, 0.717) is 17.4 Å². The highest BCUT2D eigenvalue weighted by Gasteiger charge is 2.28. The number of pyridine rings is 1. The summed E-state index contributed by atoms with van der Waals surface area (Å²) in [4.78, 5) is 29.1. The SMILES string of the molecule is Cc1cc(C(=O)OCC(=O)N[C@H]2CCC[C@@H](C)[C@@H]2C)c2ccccc2n1. The van der Waals surface area contributed by atoms with Crippen molar-refractivity contribution in [3.8, 4) is 0 Å². The molecule has 5 nitrogen and oxygen atoms in total. The van der Waals surface area contributed by atoms with Gasteiger partial charge in [-0.2, -0.15) is 0 Å². The summed E-state index contributed by atoms with van der Waals surface area (Å²) in [5.74, 6) is 0.309. The Labute approximate surface area is 154 Å². The first-order chi connectivity index (χ1) is 12.5. The smallest absolute Gasteiger partial charge is 0.339 e. The molecule has 2 aromatic rings. The molecule has 5 heteroatoms. The zero-order valence-corrected chi connectivity index (χ0v) is 15.6. The van der Waals surface area contributed by atoms with Crippen molar-refractivity contribution in [3.05, 3.63) is 41.6 Å². The molecule has 1 aromatic heterocycles. The van der Waals surface area contributed by atoms with Crippen LogP contribution in [0.2, 0.25) is 0 Å². The van der Waals surface area contributed by atoms with Crippen LogP contribution in [-0.4, -0.2) is 29.5 Å². The lowest BCUT2D eigenvalue weighted by molar-refractivity contribution is -0.125. The van der Waals surface area contributed by atoms with Crippen molar-refractivity contribution < 1.29 is 14.3 Å². The molecule has 0 saturated heterocycles. The van der Waals surface area contributed by atoms with Crippen LogP contribution in [0.5, 0.6) is 0 Å². The predicted molar refractivity (Wildman–Crippen MR) is 101 cm³/mol. The minimum atomic E-state index is -0.494. The molecule has 0 radical (unpaired) electrons. The van der Waals surface area contributed by atoms with E-state index in [-0.39, 0.29) is 18.6 Å². The van der Waals surface area contributed by atoms with Gasteiger partial charge in [-0.25, -0.2) is 4.79 Å². The summed E-state index contributed by atoms with van der Waals surface area (Å²) in [6.07, 6.45) is 3.31. The number of benzene rings is 1. The topological polar surface area (TPSA) is 68.3 Å². The third-order valence-electron chi connectivity index (χ3n) is 5.45. The number of fused-ring (bicyclic) bond motifs is 1. The van der Waals surface area contributed by atoms with E-state index in [1.165, 1.54) is 6.42 Å². The molecular weight excluding hydrogens is 328 g/mol. The molecule has 0 aliphatic heterocycles. The van der Waals surface area contributed by atoms with Crippen molar-refractivity contribution in [2.75, 3.05) is 6.61 Å². The molecule has 1 aromatic carbocycles. The summed E-state index contributed by atoms with van der Waals surface area (Å²) in [6.45, 7) is 5.97. The van der Waals surface area contributed by atoms with Gasteiger partial charge in [0.2, 0.25) is 0 Å². The molecule has 1 saturated carbocycles. The quantitative estimate of drug-likeness (QED) is 0.851. The first-order valence-corrected chi connectivity index (χ1v) is 9.28. The van der Waals surface area contributed by atoms with Crippen LogP contribution in [-0.2, 0) is 9.53 Å². The number of hydrogen-bond acceptors (Lipinski definition) is 4. The second-order valence-electron chi connectivity index (χ2n) is 7.35. The van der Waals surface area contributed by atoms with Crippen molar-refractivity contribution >= 4 is 22.8 Å². The molecule has 3 rings (SSSR count). The van der Waals surface area contributed by atoms with Gasteiger partial charge < -0.3 is 10.1 Å². The van der Waals surface area contributed by atoms with Crippen LogP contribution in [0.1, 0.15) is 49.2 Å². The maximum Gasteiger partial charge on any atom is 0.339 e. The summed E-state index contributed by atoms with van der Waals surface area (Å²) in [5.41, 5.74) is 1.93. The van der Waals surface area contributed by atoms with E-state index in [2.05, 4.69) is 24.1 Å². The van der Waals surface area contributed by atoms with Gasteiger partial charge in [-0.05, 0) is 37.3 Å². The van der Waals surface area contributed by atoms with Crippen LogP contribution in [0.3, 0.4) is 0 Å². The zero-order valence-electron chi connectivity index (χ0n) is 15.6. The van der Waals surface area contributed by atoms with Gasteiger partial charge in [-0.3, -0.25) is 9.78 Å². The number of carbonyl (C=O) groups excluding carboxylic acids is 2. The second kappa shape index (κ2) is 7.85. The Hall–Kier alpha value is -2.43. The van der Waals surface area contributed by atoms with E-state index in [9.17, 15) is 9.59 Å². The molecular formula is C21H26N2O3. The van der Waals surface area contributed by atoms with Crippen LogP contribution in [0.25, 0.3) is 10.9 Å². The Morgan fingerprint density at radius 3 is 2.81 bits per heavy atom. The van der Waals surface area contributed by atoms with E-state index < -0.39 is 5.97 Å². The normalized spacial score (nSPS) is 22.8. The Balaban J connectivity index is 1.63. The fourth-order valence-electron chi connectivity index (χ4n) is 3.72. The van der Waals surface area contributed by atoms with Gasteiger partial charge in [0.15, 0.2) is 6.61 Å². The minimum absolute atomic E-state index is 0.161. The number of ether oxygens (including phenoxy) is 1. The molecule has 1 heterocycles. The first kappa shape index (κ1) is 18.4. The summed E-state index contributed by atoms with van der Waals surface area (Å²) in [6, 6.07) is 9.29. The van der Waals surface area contributed by atoms with Crippen LogP contribution >= 0.6 is 0 Å². The zero-order chi connectivity index (χ0) is 18.7. The molecule has 1 N–H and O–H groups in total. The maximum atomic E-state index is 12.5. The summed E-state index contributed by atoms with van der Waals surface area (Å²) < 4.78 is 5.28. The van der Waals surface area contributed by atoms with E-state index in [1.54, 1.807) is 6.07 Å². The molecule has 26 heavy (non-hydrogen) atoms. The van der Waals surface area contributed by atoms with Crippen LogP contribution in [0.15, 0.2) is 30.3 Å². The Morgan fingerprint density at radius 1 is 1.23 bits per heavy atom. The monoisotopic (exact) mass is 354 g/mol. The van der Waals surface area contributed by atoms with Gasteiger partial charge in [-0.15, -0.1) is 0 Å². The van der Waals surface area contributed by atoms with Gasteiger partial charge in [-0.1, -0.05) is 44.9 Å². The van der Waals surface area contributed by atoms with Crippen LogP contribution in [0, 0.1) is 18.8 Å². The molecule has 1 amide bonds. The number of amides is 1. The average Bonchev–Trinajstić information content (AvgIpc) is 2.62. The molecule has 138 valence electrons. The third kappa shape index (κ3) is 4.03. The number of para-hydroxylation sites is 1. The van der Waals surface area contributed by atoms with Crippen molar-refractivity contribution in [2.45, 2.75) is 46.1 Å². The van der Waals surface area contributed by atoms with E-state index in [0.717, 1.165) is 29.4 Å². The van der Waals surface area contributed by atoms with Gasteiger partial charge in [0.25, 0.3) is 5.91 Å². The molecule has 0 spiro atoms. The van der Waals surface area contributed by atoms with Gasteiger partial charge in [0.05, 0.1) is 11.1 Å². The highest BCUT2D eigenvalue weighted by Crippen LogP contribution is 2.29. The number of aryl methyl sites for hydroxylation is 1. The van der Waals surface area contributed by atoms with E-state index in [4.69, 9.17) is 4.74 Å². The second-order valence-corrected chi connectivity index (χ2v) is 7.35. The summed E-state index contributed by atoms with van der Waals surface area (Å²) >= 11 is 0. The molecule has 0 unspecified atom stereocenters. The number of hydrogen-bond donors (Lipinski definition) is 1. The lowest BCUT2D eigenvalue weighted by Crippen LogP contribution is -2.45. The molecule has 1 aliphatic rings. The molecule has 1 aliphatic carbocycles. The van der Waals surface area contributed by atoms with Crippen molar-refractivity contribution in [3.63, 3.8) is 0 Å². The number of esters is 1. The number of nitrogens with zero attached hydrogens (tertiary/aromatic N) is 1. The number of rotatable bonds is 4. The Morgan fingerprint density at radius 2 is 2.00 bits per heavy atom. The van der Waals surface area contributed by atoms with Crippen molar-refractivity contribution in [1.82, 2.24) is 10.3 Å². The molecule has 3 atom stereocenters. The standard InChI is InChI=1S/C21H26N2O3/c1-13-7-6-10-18(15(13)3)23-20(24)12-26-21(25)17-11-14(2)22-19-9-5-4-8-16(17)19/h4-5,8-9,11,13,15,18H,6-7,10,12H2,1-3H3,(H,23,24)/t13-,15+,18+/m1/s1. The molecule has 1 fully saturated rings. The molecule has 0 bridgehead atoms. The lowest BCUT2D eigenvalue weighted by atomic mass is 9.78. The fourth-order valence-corrected chi connectivity index (χ4v) is 3.72. The maximum absolute atomic E-state index is 12.5. The lowest BCUT2D eigenvalue weighted by Gasteiger charge is -2.34. The van der Waals surface area contributed by atoms with E-state index in [1.807, 2.05) is 31.2 Å². The van der Waals surface area contributed by atoms with Crippen LogP contribution < -0.4 is 5.32 Å². The number of nitrogens with one attached hydrogen (secondary N) is 1. The van der Waals surface area contributed by atoms with Gasteiger partial charge in [0, 0.05) is 17.1 Å². The number of aromatic nitrogens is 1. The fraction of sp³-hybridized carbons (Fsp3) is 0.476. The van der Waals surface area contributed by atoms with Gasteiger partial charge in [0.1, 0.15) is 0 Å². The van der Waals surface area contributed by atoms with Crippen molar-refractivity contribution in [1.29, 1.82) is 0 Å². The largest absolute Gasteiger partial charge is 0.452 e. The average molecular weight is 354 g/mol. The Bertz CT molecular complexity index is 818. The third-order valence-corrected chi connectivity index (χ3v) is 5.45. The van der Waals surface area contributed by atoms with E-state index >= 15 is 0 Å². The minimum Gasteiger partial charge on any atom is -0.452 e. The van der Waals surface area contributed by atoms with Gasteiger partial charge >= 0.3 is 5.97 Å². The first-order valence-electron chi connectivity index (χ1n) is 9.28. The van der Waals surface area contributed by atoms with Crippen molar-refractivity contribution in [2.24, 2.45) is 11.8 Å². The summed E-state index contributed by atoms with van der Waals surface area (Å²) in [7, 11) is 0. The Kier molecular flexibility index (Phi) is 5.55.